The first-order valence-corrected chi connectivity index (χ1v) is 6.26. The maximum atomic E-state index is 5.75. The van der Waals surface area contributed by atoms with Crippen LogP contribution in [-0.2, 0) is 0 Å². The molecule has 0 radical (unpaired) electrons. The first kappa shape index (κ1) is 11.2. The number of benzene rings is 1. The van der Waals surface area contributed by atoms with Gasteiger partial charge in [-0.25, -0.2) is 0 Å². The molecule has 0 aliphatic heterocycles. The van der Waals surface area contributed by atoms with E-state index < -0.39 is 0 Å². The van der Waals surface area contributed by atoms with Crippen LogP contribution in [0.5, 0.6) is 0 Å². The predicted octanol–water partition coefficient (Wildman–Crippen LogP) is 2.46. The molecule has 0 spiro atoms. The van der Waals surface area contributed by atoms with Crippen LogP contribution in [0.4, 0.5) is 11.4 Å². The minimum Gasteiger partial charge on any atom is -0.399 e. The van der Waals surface area contributed by atoms with Gasteiger partial charge in [0, 0.05) is 30.2 Å². The van der Waals surface area contributed by atoms with Crippen LogP contribution >= 0.6 is 11.8 Å². The molecule has 1 aromatic rings. The second-order valence-electron chi connectivity index (χ2n) is 3.17. The Morgan fingerprint density at radius 2 is 2.21 bits per heavy atom. The lowest BCUT2D eigenvalue weighted by Gasteiger charge is -2.22. The molecule has 0 aliphatic carbocycles. The van der Waals surface area contributed by atoms with Gasteiger partial charge >= 0.3 is 0 Å². The van der Waals surface area contributed by atoms with E-state index in [1.807, 2.05) is 30.0 Å². The standard InChI is InChI=1S/C11H18N2S/c1-3-13(7-8-14-2)11-6-4-5-10(12)9-11/h4-6,9H,3,7-8,12H2,1-2H3. The SMILES string of the molecule is CCN(CCSC)c1cccc(N)c1. The summed E-state index contributed by atoms with van der Waals surface area (Å²) in [6.07, 6.45) is 2.13. The highest BCUT2D eigenvalue weighted by Crippen LogP contribution is 2.17. The molecule has 2 nitrogen and oxygen atoms in total. The highest BCUT2D eigenvalue weighted by molar-refractivity contribution is 7.98. The van der Waals surface area contributed by atoms with Crippen molar-refractivity contribution < 1.29 is 0 Å². The van der Waals surface area contributed by atoms with Crippen molar-refractivity contribution in [3.63, 3.8) is 0 Å². The van der Waals surface area contributed by atoms with Gasteiger partial charge in [-0.3, -0.25) is 0 Å². The zero-order valence-electron chi connectivity index (χ0n) is 8.86. The summed E-state index contributed by atoms with van der Waals surface area (Å²) in [5.41, 5.74) is 7.81. The van der Waals surface area contributed by atoms with Crippen LogP contribution in [0.1, 0.15) is 6.92 Å². The topological polar surface area (TPSA) is 29.3 Å². The minimum absolute atomic E-state index is 0.838. The lowest BCUT2D eigenvalue weighted by Crippen LogP contribution is -2.25. The normalized spacial score (nSPS) is 10.1. The molecule has 78 valence electrons. The van der Waals surface area contributed by atoms with Crippen LogP contribution in [0.2, 0.25) is 0 Å². The van der Waals surface area contributed by atoms with E-state index in [0.29, 0.717) is 0 Å². The van der Waals surface area contributed by atoms with E-state index in [4.69, 9.17) is 5.73 Å². The van der Waals surface area contributed by atoms with Gasteiger partial charge in [-0.1, -0.05) is 6.07 Å². The number of rotatable bonds is 5. The van der Waals surface area contributed by atoms with E-state index in [9.17, 15) is 0 Å². The Morgan fingerprint density at radius 3 is 2.79 bits per heavy atom. The molecule has 0 saturated heterocycles. The van der Waals surface area contributed by atoms with Crippen LogP contribution in [0.15, 0.2) is 24.3 Å². The predicted molar refractivity (Wildman–Crippen MR) is 67.1 cm³/mol. The fourth-order valence-electron chi connectivity index (χ4n) is 1.39. The summed E-state index contributed by atoms with van der Waals surface area (Å²) in [4.78, 5) is 2.34. The molecule has 0 aromatic heterocycles. The highest BCUT2D eigenvalue weighted by Gasteiger charge is 2.02. The first-order chi connectivity index (χ1) is 6.77. The van der Waals surface area contributed by atoms with Gasteiger partial charge in [-0.05, 0) is 31.4 Å². The van der Waals surface area contributed by atoms with E-state index in [1.165, 1.54) is 5.69 Å². The fourth-order valence-corrected chi connectivity index (χ4v) is 1.80. The van der Waals surface area contributed by atoms with Gasteiger partial charge in [0.2, 0.25) is 0 Å². The van der Waals surface area contributed by atoms with Gasteiger partial charge in [0.1, 0.15) is 0 Å². The van der Waals surface area contributed by atoms with Gasteiger partial charge in [-0.2, -0.15) is 11.8 Å². The average Bonchev–Trinajstić information content (AvgIpc) is 2.19. The Kier molecular flexibility index (Phi) is 4.66. The molecule has 0 bridgehead atoms. The molecule has 0 heterocycles. The fraction of sp³-hybridized carbons (Fsp3) is 0.455. The van der Waals surface area contributed by atoms with Crippen LogP contribution in [0, 0.1) is 0 Å². The van der Waals surface area contributed by atoms with Gasteiger partial charge in [0.05, 0.1) is 0 Å². The maximum Gasteiger partial charge on any atom is 0.0387 e. The summed E-state index contributed by atoms with van der Waals surface area (Å²) in [6.45, 7) is 4.29. The number of thioether (sulfide) groups is 1. The Morgan fingerprint density at radius 1 is 1.43 bits per heavy atom. The monoisotopic (exact) mass is 210 g/mol. The Bertz CT molecular complexity index is 276. The van der Waals surface area contributed by atoms with Crippen molar-refractivity contribution >= 4 is 23.1 Å². The Hall–Kier alpha value is -0.830. The number of hydrogen-bond donors (Lipinski definition) is 1. The molecule has 0 saturated carbocycles. The second kappa shape index (κ2) is 5.81. The van der Waals surface area contributed by atoms with Gasteiger partial charge in [0.15, 0.2) is 0 Å². The van der Waals surface area contributed by atoms with Crippen molar-refractivity contribution in [3.05, 3.63) is 24.3 Å². The lowest BCUT2D eigenvalue weighted by molar-refractivity contribution is 0.873. The zero-order chi connectivity index (χ0) is 10.4. The molecule has 14 heavy (non-hydrogen) atoms. The minimum atomic E-state index is 0.838. The largest absolute Gasteiger partial charge is 0.399 e. The Balaban J connectivity index is 2.68. The van der Waals surface area contributed by atoms with Crippen LogP contribution < -0.4 is 10.6 Å². The zero-order valence-corrected chi connectivity index (χ0v) is 9.68. The molecule has 1 rings (SSSR count). The number of nitrogens with two attached hydrogens (primary N) is 1. The third kappa shape index (κ3) is 3.14. The van der Waals surface area contributed by atoms with Crippen molar-refractivity contribution in [2.75, 3.05) is 35.7 Å². The van der Waals surface area contributed by atoms with E-state index in [-0.39, 0.29) is 0 Å². The second-order valence-corrected chi connectivity index (χ2v) is 4.15. The molecule has 0 amide bonds. The molecule has 0 unspecified atom stereocenters. The molecule has 0 atom stereocenters. The third-order valence-corrected chi connectivity index (χ3v) is 2.77. The maximum absolute atomic E-state index is 5.75. The summed E-state index contributed by atoms with van der Waals surface area (Å²) in [5.74, 6) is 1.16. The number of hydrogen-bond acceptors (Lipinski definition) is 3. The van der Waals surface area contributed by atoms with Crippen molar-refractivity contribution in [2.24, 2.45) is 0 Å². The number of nitrogen functional groups attached to an aromatic ring is 1. The van der Waals surface area contributed by atoms with E-state index in [0.717, 1.165) is 24.5 Å². The first-order valence-electron chi connectivity index (χ1n) is 4.87. The summed E-state index contributed by atoms with van der Waals surface area (Å²) in [6, 6.07) is 8.07. The summed E-state index contributed by atoms with van der Waals surface area (Å²) >= 11 is 1.87. The molecular formula is C11H18N2S. The van der Waals surface area contributed by atoms with Gasteiger partial charge in [0.25, 0.3) is 0 Å². The van der Waals surface area contributed by atoms with Crippen molar-refractivity contribution in [1.82, 2.24) is 0 Å². The molecule has 0 aliphatic rings. The van der Waals surface area contributed by atoms with Crippen LogP contribution in [0.3, 0.4) is 0 Å². The lowest BCUT2D eigenvalue weighted by atomic mass is 10.2. The molecular weight excluding hydrogens is 192 g/mol. The van der Waals surface area contributed by atoms with Crippen molar-refractivity contribution in [1.29, 1.82) is 0 Å². The van der Waals surface area contributed by atoms with Gasteiger partial charge in [-0.15, -0.1) is 0 Å². The highest BCUT2D eigenvalue weighted by atomic mass is 32.2. The Labute approximate surface area is 90.5 Å². The quantitative estimate of drug-likeness (QED) is 0.757. The van der Waals surface area contributed by atoms with Crippen LogP contribution in [-0.4, -0.2) is 25.1 Å². The summed E-state index contributed by atoms with van der Waals surface area (Å²) in [5, 5.41) is 0. The smallest absolute Gasteiger partial charge is 0.0387 e. The summed E-state index contributed by atoms with van der Waals surface area (Å²) in [7, 11) is 0. The molecule has 3 heteroatoms. The number of anilines is 2. The molecule has 0 fully saturated rings. The third-order valence-electron chi connectivity index (χ3n) is 2.18. The molecule has 2 N–H and O–H groups in total. The van der Waals surface area contributed by atoms with Crippen molar-refractivity contribution in [3.8, 4) is 0 Å². The molecule has 1 aromatic carbocycles. The van der Waals surface area contributed by atoms with Crippen LogP contribution in [0.25, 0.3) is 0 Å². The number of nitrogens with zero attached hydrogens (tertiary/aromatic N) is 1. The van der Waals surface area contributed by atoms with Crippen molar-refractivity contribution in [2.45, 2.75) is 6.92 Å². The van der Waals surface area contributed by atoms with E-state index in [1.54, 1.807) is 0 Å². The van der Waals surface area contributed by atoms with Gasteiger partial charge < -0.3 is 10.6 Å². The average molecular weight is 210 g/mol. The summed E-state index contributed by atoms with van der Waals surface area (Å²) < 4.78 is 0. The van der Waals surface area contributed by atoms with E-state index in [2.05, 4.69) is 24.1 Å². The van der Waals surface area contributed by atoms with E-state index >= 15 is 0 Å².